The van der Waals surface area contributed by atoms with Gasteiger partial charge in [-0.3, -0.25) is 0 Å². The molecule has 3 heteroatoms. The van der Waals surface area contributed by atoms with Crippen molar-refractivity contribution in [1.82, 2.24) is 0 Å². The second kappa shape index (κ2) is 6.58. The van der Waals surface area contributed by atoms with E-state index in [1.54, 1.807) is 0 Å². The average molecular weight is 338 g/mol. The minimum absolute atomic E-state index is 0.106. The number of carbonyl (C=O) groups excluding carboxylic acids is 1. The topological polar surface area (TPSA) is 17.1 Å². The number of rotatable bonds is 3. The molecule has 0 bridgehead atoms. The normalized spacial score (nSPS) is 23.1. The van der Waals surface area contributed by atoms with E-state index in [1.165, 1.54) is 26.5 Å². The Bertz CT molecular complexity index is 751. The fraction of sp³-hybridized carbons (Fsp3) is 0.250. The minimum atomic E-state index is 0.106. The van der Waals surface area contributed by atoms with Crippen LogP contribution < -0.4 is 0 Å². The molecule has 0 saturated heterocycles. The molecular formula is C20H18OS2. The summed E-state index contributed by atoms with van der Waals surface area (Å²) in [4.78, 5) is 14.3. The molecule has 0 spiro atoms. The molecule has 0 aromatic heterocycles. The Balaban J connectivity index is 1.75. The Labute approximate surface area is 145 Å². The summed E-state index contributed by atoms with van der Waals surface area (Å²) in [7, 11) is 0. The van der Waals surface area contributed by atoms with Crippen molar-refractivity contribution in [2.24, 2.45) is 5.92 Å². The molecule has 1 aliphatic heterocycles. The summed E-state index contributed by atoms with van der Waals surface area (Å²) < 4.78 is 0. The van der Waals surface area contributed by atoms with Crippen LogP contribution in [0.4, 0.5) is 0 Å². The van der Waals surface area contributed by atoms with Gasteiger partial charge in [0.15, 0.2) is 0 Å². The predicted molar refractivity (Wildman–Crippen MR) is 99.8 cm³/mol. The summed E-state index contributed by atoms with van der Waals surface area (Å²) in [5.74, 6) is 0.996. The fourth-order valence-electron chi connectivity index (χ4n) is 3.40. The van der Waals surface area contributed by atoms with Gasteiger partial charge in [-0.05, 0) is 41.7 Å². The van der Waals surface area contributed by atoms with Crippen molar-refractivity contribution in [2.75, 3.05) is 5.75 Å². The van der Waals surface area contributed by atoms with Gasteiger partial charge in [0.25, 0.3) is 0 Å². The Morgan fingerprint density at radius 2 is 1.78 bits per heavy atom. The average Bonchev–Trinajstić information content (AvgIpc) is 2.62. The van der Waals surface area contributed by atoms with Crippen LogP contribution in [0.3, 0.4) is 0 Å². The Kier molecular flexibility index (Phi) is 4.32. The molecule has 1 heterocycles. The predicted octanol–water partition coefficient (Wildman–Crippen LogP) is 5.07. The van der Waals surface area contributed by atoms with Crippen molar-refractivity contribution < 1.29 is 4.79 Å². The van der Waals surface area contributed by atoms with E-state index in [1.807, 2.05) is 29.6 Å². The first-order valence-electron chi connectivity index (χ1n) is 7.98. The van der Waals surface area contributed by atoms with Gasteiger partial charge in [-0.25, -0.2) is 0 Å². The summed E-state index contributed by atoms with van der Waals surface area (Å²) in [6.07, 6.45) is 3.33. The molecule has 4 rings (SSSR count). The third kappa shape index (κ3) is 2.88. The van der Waals surface area contributed by atoms with Crippen molar-refractivity contribution >= 4 is 34.7 Å². The molecule has 0 amide bonds. The highest BCUT2D eigenvalue weighted by Gasteiger charge is 2.35. The number of hydrogen-bond donors (Lipinski definition) is 0. The number of aryl methyl sites for hydroxylation is 1. The van der Waals surface area contributed by atoms with Crippen LogP contribution in [0.5, 0.6) is 0 Å². The molecule has 1 aliphatic carbocycles. The molecule has 0 fully saturated rings. The van der Waals surface area contributed by atoms with E-state index in [4.69, 9.17) is 0 Å². The number of benzene rings is 2. The van der Waals surface area contributed by atoms with Crippen LogP contribution in [0.1, 0.15) is 17.5 Å². The first kappa shape index (κ1) is 15.1. The van der Waals surface area contributed by atoms with Crippen molar-refractivity contribution in [3.8, 4) is 0 Å². The van der Waals surface area contributed by atoms with E-state index in [0.717, 1.165) is 24.9 Å². The van der Waals surface area contributed by atoms with Crippen LogP contribution in [0, 0.1) is 5.92 Å². The number of aldehydes is 1. The van der Waals surface area contributed by atoms with E-state index >= 15 is 0 Å². The van der Waals surface area contributed by atoms with E-state index in [0.29, 0.717) is 0 Å². The largest absolute Gasteiger partial charge is 0.303 e. The summed E-state index contributed by atoms with van der Waals surface area (Å²) in [5.41, 5.74) is 4.32. The van der Waals surface area contributed by atoms with Gasteiger partial charge >= 0.3 is 0 Å². The van der Waals surface area contributed by atoms with Crippen molar-refractivity contribution in [1.29, 1.82) is 0 Å². The zero-order chi connectivity index (χ0) is 15.6. The summed E-state index contributed by atoms with van der Waals surface area (Å²) in [6.45, 7) is 0. The Hall–Kier alpha value is -1.45. The number of thioether (sulfide) groups is 2. The highest BCUT2D eigenvalue weighted by atomic mass is 32.2. The molecule has 23 heavy (non-hydrogen) atoms. The van der Waals surface area contributed by atoms with Crippen molar-refractivity contribution in [3.63, 3.8) is 0 Å². The highest BCUT2D eigenvalue weighted by Crippen LogP contribution is 2.50. The molecule has 0 radical (unpaired) electrons. The van der Waals surface area contributed by atoms with E-state index < -0.39 is 0 Å². The van der Waals surface area contributed by atoms with E-state index in [2.05, 4.69) is 48.5 Å². The first-order valence-corrected chi connectivity index (χ1v) is 9.84. The van der Waals surface area contributed by atoms with Gasteiger partial charge in [0.1, 0.15) is 6.29 Å². The minimum Gasteiger partial charge on any atom is -0.303 e. The first-order chi connectivity index (χ1) is 11.4. The highest BCUT2D eigenvalue weighted by molar-refractivity contribution is 8.08. The lowest BCUT2D eigenvalue weighted by Gasteiger charge is -2.35. The van der Waals surface area contributed by atoms with Crippen molar-refractivity contribution in [3.05, 3.63) is 71.3 Å². The fourth-order valence-corrected chi connectivity index (χ4v) is 6.31. The Morgan fingerprint density at radius 3 is 2.61 bits per heavy atom. The van der Waals surface area contributed by atoms with E-state index in [9.17, 15) is 4.79 Å². The molecular weight excluding hydrogens is 320 g/mol. The molecule has 2 aromatic rings. The SMILES string of the molecule is O=CC1CSC2=C(CCc3ccccc32)C1Sc1ccccc1. The number of carbonyl (C=O) groups is 1. The van der Waals surface area contributed by atoms with Crippen molar-refractivity contribution in [2.45, 2.75) is 23.0 Å². The zero-order valence-corrected chi connectivity index (χ0v) is 14.4. The van der Waals surface area contributed by atoms with Gasteiger partial charge in [0.05, 0.1) is 0 Å². The molecule has 0 N–H and O–H groups in total. The quantitative estimate of drug-likeness (QED) is 0.728. The van der Waals surface area contributed by atoms with Gasteiger partial charge in [0.2, 0.25) is 0 Å². The molecule has 116 valence electrons. The maximum atomic E-state index is 11.6. The second-order valence-corrected chi connectivity index (χ2v) is 8.22. The monoisotopic (exact) mass is 338 g/mol. The van der Waals surface area contributed by atoms with Crippen LogP contribution in [0.15, 0.2) is 65.1 Å². The lowest BCUT2D eigenvalue weighted by atomic mass is 9.87. The van der Waals surface area contributed by atoms with Crippen LogP contribution in [-0.2, 0) is 11.2 Å². The smallest absolute Gasteiger partial charge is 0.125 e. The summed E-state index contributed by atoms with van der Waals surface area (Å²) in [5, 5.41) is 0.277. The van der Waals surface area contributed by atoms with Gasteiger partial charge in [-0.15, -0.1) is 23.5 Å². The molecule has 0 saturated carbocycles. The third-order valence-electron chi connectivity index (χ3n) is 4.55. The van der Waals surface area contributed by atoms with Crippen LogP contribution in [0.2, 0.25) is 0 Å². The lowest BCUT2D eigenvalue weighted by molar-refractivity contribution is -0.110. The summed E-state index contributed by atoms with van der Waals surface area (Å²) >= 11 is 3.73. The van der Waals surface area contributed by atoms with Gasteiger partial charge in [-0.1, -0.05) is 42.5 Å². The lowest BCUT2D eigenvalue weighted by Crippen LogP contribution is -2.29. The van der Waals surface area contributed by atoms with Crippen LogP contribution in [-0.4, -0.2) is 17.3 Å². The maximum Gasteiger partial charge on any atom is 0.125 e. The summed E-state index contributed by atoms with van der Waals surface area (Å²) in [6, 6.07) is 19.2. The molecule has 1 nitrogen and oxygen atoms in total. The Morgan fingerprint density at radius 1 is 1.00 bits per heavy atom. The van der Waals surface area contributed by atoms with Crippen LogP contribution >= 0.6 is 23.5 Å². The molecule has 2 aromatic carbocycles. The third-order valence-corrected chi connectivity index (χ3v) is 7.31. The van der Waals surface area contributed by atoms with E-state index in [-0.39, 0.29) is 11.2 Å². The number of fused-ring (bicyclic) bond motifs is 2. The maximum absolute atomic E-state index is 11.6. The zero-order valence-electron chi connectivity index (χ0n) is 12.8. The van der Waals surface area contributed by atoms with Gasteiger partial charge in [-0.2, -0.15) is 0 Å². The molecule has 2 aliphatic rings. The van der Waals surface area contributed by atoms with Gasteiger partial charge in [0, 0.05) is 26.7 Å². The molecule has 2 atom stereocenters. The van der Waals surface area contributed by atoms with Gasteiger partial charge < -0.3 is 4.79 Å². The number of hydrogen-bond acceptors (Lipinski definition) is 3. The van der Waals surface area contributed by atoms with Crippen LogP contribution in [0.25, 0.3) is 4.91 Å². The second-order valence-electron chi connectivity index (χ2n) is 5.97. The molecule has 2 unspecified atom stereocenters. The standard InChI is InChI=1S/C20H18OS2/c21-12-15-13-22-20-17-9-5-4-6-14(17)10-11-18(20)19(15)23-16-7-2-1-3-8-16/h1-9,12,15,19H,10-11,13H2.